The summed E-state index contributed by atoms with van der Waals surface area (Å²) in [5.74, 6) is 0. The molecule has 0 radical (unpaired) electrons. The topological polar surface area (TPSA) is 52.3 Å². The molecule has 3 rings (SSSR count). The molecular formula is C30H41NO2SSi. The molecule has 2 N–H and O–H groups in total. The maximum atomic E-state index is 13.8. The summed E-state index contributed by atoms with van der Waals surface area (Å²) < 4.78 is 21.2. The summed E-state index contributed by atoms with van der Waals surface area (Å²) in [5.41, 5.74) is 11.3. The quantitative estimate of drug-likeness (QED) is 0.282. The molecule has 0 fully saturated rings. The number of rotatable bonds is 10. The van der Waals surface area contributed by atoms with Crippen molar-refractivity contribution in [1.82, 2.24) is 0 Å². The van der Waals surface area contributed by atoms with E-state index in [9.17, 15) is 4.21 Å². The van der Waals surface area contributed by atoms with E-state index in [0.29, 0.717) is 16.6 Å². The standard InChI is InChI=1S/C30H41NO2SSi/c1-21(2)35(22(3)4,23(5)6)33-30(29(31)25-13-9-8-10-14-25)27-15-11-12-16-28(27)34(32)26-19-17-24(7)18-20-26/h8-23,29-30H,31H2,1-7H3/t29-,30+,34?/m1/s1. The van der Waals surface area contributed by atoms with Crippen molar-refractivity contribution in [3.05, 3.63) is 95.6 Å². The molecule has 0 amide bonds. The maximum Gasteiger partial charge on any atom is 0.201 e. The fourth-order valence-corrected chi connectivity index (χ4v) is 12.2. The molecule has 0 bridgehead atoms. The minimum Gasteiger partial charge on any atom is -0.407 e. The Morgan fingerprint density at radius 3 is 1.80 bits per heavy atom. The third-order valence-electron chi connectivity index (χ3n) is 7.21. The van der Waals surface area contributed by atoms with Crippen molar-refractivity contribution in [2.24, 2.45) is 5.73 Å². The minimum absolute atomic E-state index is 0.379. The first-order valence-electron chi connectivity index (χ1n) is 12.6. The van der Waals surface area contributed by atoms with Crippen molar-refractivity contribution in [2.45, 2.75) is 87.0 Å². The molecule has 0 saturated carbocycles. The van der Waals surface area contributed by atoms with Crippen molar-refractivity contribution in [3.8, 4) is 0 Å². The Bertz CT molecular complexity index is 1090. The number of aryl methyl sites for hydroxylation is 1. The highest BCUT2D eigenvalue weighted by atomic mass is 32.2. The summed E-state index contributed by atoms with van der Waals surface area (Å²) in [4.78, 5) is 1.56. The molecular weight excluding hydrogens is 466 g/mol. The molecule has 0 aliphatic rings. The first-order chi connectivity index (χ1) is 16.6. The number of benzene rings is 3. The Hall–Kier alpha value is -2.05. The summed E-state index contributed by atoms with van der Waals surface area (Å²) in [6.45, 7) is 15.8. The van der Waals surface area contributed by atoms with Gasteiger partial charge >= 0.3 is 0 Å². The van der Waals surface area contributed by atoms with Crippen molar-refractivity contribution < 1.29 is 8.63 Å². The van der Waals surface area contributed by atoms with Crippen molar-refractivity contribution >= 4 is 19.1 Å². The van der Waals surface area contributed by atoms with Gasteiger partial charge in [0.05, 0.1) is 22.9 Å². The van der Waals surface area contributed by atoms with Gasteiger partial charge < -0.3 is 10.2 Å². The molecule has 0 spiro atoms. The highest BCUT2D eigenvalue weighted by Crippen LogP contribution is 2.48. The Morgan fingerprint density at radius 2 is 1.26 bits per heavy atom. The summed E-state index contributed by atoms with van der Waals surface area (Å²) >= 11 is 0. The van der Waals surface area contributed by atoms with Crippen LogP contribution in [0.2, 0.25) is 16.6 Å². The maximum absolute atomic E-state index is 13.8. The second-order valence-electron chi connectivity index (χ2n) is 10.4. The van der Waals surface area contributed by atoms with Crippen molar-refractivity contribution in [2.75, 3.05) is 0 Å². The van der Waals surface area contributed by atoms with Gasteiger partial charge in [-0.2, -0.15) is 0 Å². The van der Waals surface area contributed by atoms with Crippen LogP contribution in [0.5, 0.6) is 0 Å². The van der Waals surface area contributed by atoms with Crippen molar-refractivity contribution in [3.63, 3.8) is 0 Å². The smallest absolute Gasteiger partial charge is 0.201 e. The molecule has 35 heavy (non-hydrogen) atoms. The average molecular weight is 508 g/mol. The van der Waals surface area contributed by atoms with Gasteiger partial charge in [-0.1, -0.05) is 108 Å². The van der Waals surface area contributed by atoms with Gasteiger partial charge in [0.15, 0.2) is 0 Å². The Balaban J connectivity index is 2.18. The molecule has 0 aliphatic heterocycles. The predicted molar refractivity (Wildman–Crippen MR) is 151 cm³/mol. The fraction of sp³-hybridized carbons (Fsp3) is 0.400. The van der Waals surface area contributed by atoms with Crippen LogP contribution in [0.15, 0.2) is 88.7 Å². The van der Waals surface area contributed by atoms with Gasteiger partial charge in [-0.15, -0.1) is 0 Å². The zero-order valence-electron chi connectivity index (χ0n) is 22.2. The third kappa shape index (κ3) is 5.86. The van der Waals surface area contributed by atoms with Gasteiger partial charge in [0, 0.05) is 9.79 Å². The zero-order valence-corrected chi connectivity index (χ0v) is 24.0. The van der Waals surface area contributed by atoms with Gasteiger partial charge in [-0.25, -0.2) is 4.21 Å². The van der Waals surface area contributed by atoms with Gasteiger partial charge in [-0.3, -0.25) is 0 Å². The van der Waals surface area contributed by atoms with E-state index in [-0.39, 0.29) is 6.04 Å². The van der Waals surface area contributed by atoms with Gasteiger partial charge in [0.25, 0.3) is 0 Å². The second kappa shape index (κ2) is 11.8. The van der Waals surface area contributed by atoms with Gasteiger partial charge in [-0.05, 0) is 52.9 Å². The lowest BCUT2D eigenvalue weighted by atomic mass is 9.96. The number of nitrogens with two attached hydrogens (primary N) is 1. The molecule has 188 valence electrons. The monoisotopic (exact) mass is 507 g/mol. The summed E-state index contributed by atoms with van der Waals surface area (Å²) in [7, 11) is -3.63. The third-order valence-corrected chi connectivity index (χ3v) is 14.8. The van der Waals surface area contributed by atoms with Crippen molar-refractivity contribution in [1.29, 1.82) is 0 Å². The van der Waals surface area contributed by atoms with E-state index in [1.807, 2.05) is 67.6 Å². The van der Waals surface area contributed by atoms with Gasteiger partial charge in [0.2, 0.25) is 8.32 Å². The van der Waals surface area contributed by atoms with Crippen LogP contribution in [0, 0.1) is 6.92 Å². The lowest BCUT2D eigenvalue weighted by Crippen LogP contribution is -2.49. The molecule has 0 saturated heterocycles. The lowest BCUT2D eigenvalue weighted by Gasteiger charge is -2.46. The van der Waals surface area contributed by atoms with Crippen LogP contribution in [0.1, 0.15) is 70.4 Å². The van der Waals surface area contributed by atoms with Crippen LogP contribution in [0.3, 0.4) is 0 Å². The first-order valence-corrected chi connectivity index (χ1v) is 15.9. The van der Waals surface area contributed by atoms with E-state index >= 15 is 0 Å². The fourth-order valence-electron chi connectivity index (χ4n) is 5.48. The molecule has 5 heteroatoms. The molecule has 3 aromatic carbocycles. The first kappa shape index (κ1) is 27.5. The average Bonchev–Trinajstić information content (AvgIpc) is 2.84. The highest BCUT2D eigenvalue weighted by Gasteiger charge is 2.48. The second-order valence-corrected chi connectivity index (χ2v) is 17.3. The van der Waals surface area contributed by atoms with Crippen LogP contribution in [-0.2, 0) is 15.2 Å². The lowest BCUT2D eigenvalue weighted by molar-refractivity contribution is 0.145. The van der Waals surface area contributed by atoms with E-state index in [1.165, 1.54) is 0 Å². The summed E-state index contributed by atoms with van der Waals surface area (Å²) in [6.07, 6.45) is -0.401. The molecule has 0 aliphatic carbocycles. The van der Waals surface area contributed by atoms with Crippen LogP contribution in [0.25, 0.3) is 0 Å². The largest absolute Gasteiger partial charge is 0.407 e. The molecule has 1 unspecified atom stereocenters. The van der Waals surface area contributed by atoms with Crippen LogP contribution in [0.4, 0.5) is 0 Å². The van der Waals surface area contributed by atoms with Crippen LogP contribution >= 0.6 is 0 Å². The molecule has 0 aromatic heterocycles. The highest BCUT2D eigenvalue weighted by molar-refractivity contribution is 7.85. The molecule has 3 nitrogen and oxygen atoms in total. The normalized spacial score (nSPS) is 14.9. The van der Waals surface area contributed by atoms with E-state index in [0.717, 1.165) is 26.5 Å². The Kier molecular flexibility index (Phi) is 9.27. The molecule has 0 heterocycles. The van der Waals surface area contributed by atoms with E-state index < -0.39 is 25.2 Å². The number of hydrogen-bond donors (Lipinski definition) is 1. The molecule has 3 atom stereocenters. The summed E-state index contributed by atoms with van der Waals surface area (Å²) in [6, 6.07) is 25.7. The zero-order chi connectivity index (χ0) is 25.8. The van der Waals surface area contributed by atoms with E-state index in [2.05, 4.69) is 59.7 Å². The Labute approximate surface area is 215 Å². The van der Waals surface area contributed by atoms with Crippen LogP contribution < -0.4 is 5.73 Å². The SMILES string of the molecule is Cc1ccc(S(=O)c2ccccc2[C@H](O[Si](C(C)C)(C(C)C)C(C)C)[C@H](N)c2ccccc2)cc1. The van der Waals surface area contributed by atoms with Gasteiger partial charge in [0.1, 0.15) is 0 Å². The number of hydrogen-bond acceptors (Lipinski definition) is 3. The van der Waals surface area contributed by atoms with E-state index in [4.69, 9.17) is 10.2 Å². The minimum atomic E-state index is -2.29. The Morgan fingerprint density at radius 1 is 0.743 bits per heavy atom. The van der Waals surface area contributed by atoms with Crippen LogP contribution in [-0.4, -0.2) is 12.5 Å². The van der Waals surface area contributed by atoms with E-state index in [1.54, 1.807) is 0 Å². The molecule has 3 aromatic rings. The predicted octanol–water partition coefficient (Wildman–Crippen LogP) is 8.09. The summed E-state index contributed by atoms with van der Waals surface area (Å²) in [5, 5.41) is 0.